The van der Waals surface area contributed by atoms with Crippen molar-refractivity contribution in [3.05, 3.63) is 70.8 Å². The van der Waals surface area contributed by atoms with Gasteiger partial charge in [-0.25, -0.2) is 9.59 Å². The molecule has 0 spiro atoms. The van der Waals surface area contributed by atoms with Crippen molar-refractivity contribution in [1.82, 2.24) is 4.90 Å². The van der Waals surface area contributed by atoms with Crippen molar-refractivity contribution in [1.29, 1.82) is 0 Å². The Morgan fingerprint density at radius 1 is 0.632 bits per heavy atom. The second kappa shape index (κ2) is 8.09. The molecule has 0 saturated carbocycles. The predicted molar refractivity (Wildman–Crippen MR) is 146 cm³/mol. The van der Waals surface area contributed by atoms with E-state index in [4.69, 9.17) is 4.74 Å². The van der Waals surface area contributed by atoms with E-state index >= 15 is 0 Å². The molecule has 0 N–H and O–H groups in total. The molecule has 2 aliphatic rings. The summed E-state index contributed by atoms with van der Waals surface area (Å²) < 4.78 is 4.95. The molecule has 2 aliphatic heterocycles. The van der Waals surface area contributed by atoms with Crippen molar-refractivity contribution in [2.75, 3.05) is 6.54 Å². The van der Waals surface area contributed by atoms with E-state index in [-0.39, 0.29) is 17.7 Å². The van der Waals surface area contributed by atoms with E-state index in [1.165, 1.54) is 4.90 Å². The summed E-state index contributed by atoms with van der Waals surface area (Å²) in [6.07, 6.45) is 4.06. The fraction of sp³-hybridized carbons (Fsp3) is 0.250. The maximum Gasteiger partial charge on any atom is 0.346 e. The maximum absolute atomic E-state index is 13.7. The lowest BCUT2D eigenvalue weighted by Gasteiger charge is -2.31. The zero-order valence-corrected chi connectivity index (χ0v) is 21.2. The number of unbranched alkanes of at least 4 members (excludes halogenated alkanes) is 1. The smallest absolute Gasteiger partial charge is 0.346 e. The molecule has 7 rings (SSSR count). The summed E-state index contributed by atoms with van der Waals surface area (Å²) in [4.78, 5) is 53.9. The van der Waals surface area contributed by atoms with Crippen molar-refractivity contribution >= 4 is 66.8 Å². The Morgan fingerprint density at radius 2 is 1.08 bits per heavy atom. The van der Waals surface area contributed by atoms with Crippen molar-refractivity contribution in [2.24, 2.45) is 5.92 Å². The summed E-state index contributed by atoms with van der Waals surface area (Å²) in [5.74, 6) is -1.51. The van der Waals surface area contributed by atoms with Crippen molar-refractivity contribution in [3.63, 3.8) is 0 Å². The average Bonchev–Trinajstić information content (AvgIpc) is 2.93. The normalized spacial score (nSPS) is 15.9. The molecule has 5 aromatic carbocycles. The van der Waals surface area contributed by atoms with Gasteiger partial charge >= 0.3 is 11.9 Å². The number of carbonyl (C=O) groups is 4. The number of amides is 2. The summed E-state index contributed by atoms with van der Waals surface area (Å²) in [5.41, 5.74) is 1.81. The molecule has 0 aliphatic carbocycles. The number of ether oxygens (including phenoxy) is 1. The quantitative estimate of drug-likeness (QED) is 0.0831. The lowest BCUT2D eigenvalue weighted by molar-refractivity contribution is 0.0390. The Kier molecular flexibility index (Phi) is 4.86. The fourth-order valence-electron chi connectivity index (χ4n) is 6.50. The van der Waals surface area contributed by atoms with Crippen molar-refractivity contribution in [3.8, 4) is 0 Å². The zero-order valence-electron chi connectivity index (χ0n) is 21.2. The third kappa shape index (κ3) is 2.88. The van der Waals surface area contributed by atoms with Crippen molar-refractivity contribution < 1.29 is 23.9 Å². The van der Waals surface area contributed by atoms with Gasteiger partial charge in [0, 0.05) is 28.4 Å². The van der Waals surface area contributed by atoms with E-state index in [9.17, 15) is 19.2 Å². The zero-order chi connectivity index (χ0) is 26.3. The van der Waals surface area contributed by atoms with Crippen LogP contribution >= 0.6 is 0 Å². The Hall–Kier alpha value is -4.32. The minimum Gasteiger partial charge on any atom is -0.386 e. The summed E-state index contributed by atoms with van der Waals surface area (Å²) >= 11 is 0. The van der Waals surface area contributed by atoms with E-state index in [2.05, 4.69) is 13.8 Å². The Labute approximate surface area is 218 Å². The van der Waals surface area contributed by atoms with Crippen molar-refractivity contribution in [2.45, 2.75) is 39.5 Å². The van der Waals surface area contributed by atoms with Crippen LogP contribution in [0.5, 0.6) is 0 Å². The third-order valence-electron chi connectivity index (χ3n) is 8.46. The molecular formula is C32H25NO5. The van der Waals surface area contributed by atoms with Crippen LogP contribution in [0.2, 0.25) is 0 Å². The molecule has 0 radical (unpaired) electrons. The molecule has 6 heteroatoms. The van der Waals surface area contributed by atoms with Gasteiger partial charge in [0.05, 0.1) is 11.1 Å². The highest BCUT2D eigenvalue weighted by Crippen LogP contribution is 2.46. The first-order valence-corrected chi connectivity index (χ1v) is 13.3. The lowest BCUT2D eigenvalue weighted by atomic mass is 9.82. The largest absolute Gasteiger partial charge is 0.386 e. The number of fused-ring (bicyclic) bond motifs is 2. The fourth-order valence-corrected chi connectivity index (χ4v) is 6.50. The van der Waals surface area contributed by atoms with Gasteiger partial charge in [-0.2, -0.15) is 0 Å². The number of nitrogens with zero attached hydrogens (tertiary/aromatic N) is 1. The van der Waals surface area contributed by atoms with E-state index in [1.54, 1.807) is 12.1 Å². The number of cyclic esters (lactones) is 2. The van der Waals surface area contributed by atoms with Crippen LogP contribution in [0.3, 0.4) is 0 Å². The molecule has 2 amide bonds. The Morgan fingerprint density at radius 3 is 1.53 bits per heavy atom. The predicted octanol–water partition coefficient (Wildman–Crippen LogP) is 6.86. The van der Waals surface area contributed by atoms with Crippen LogP contribution in [0.25, 0.3) is 43.1 Å². The van der Waals surface area contributed by atoms with Crippen LogP contribution in [0, 0.1) is 5.92 Å². The van der Waals surface area contributed by atoms with E-state index in [0.717, 1.165) is 58.0 Å². The number of hydrogen-bond acceptors (Lipinski definition) is 5. The number of imide groups is 1. The number of carbonyl (C=O) groups excluding carboxylic acids is 4. The lowest BCUT2D eigenvalue weighted by Crippen LogP contribution is -2.43. The van der Waals surface area contributed by atoms with Gasteiger partial charge in [0.25, 0.3) is 11.8 Å². The monoisotopic (exact) mass is 503 g/mol. The molecule has 2 heterocycles. The van der Waals surface area contributed by atoms with E-state index in [0.29, 0.717) is 39.6 Å². The first kappa shape index (κ1) is 22.8. The molecule has 0 saturated heterocycles. The number of esters is 2. The van der Waals surface area contributed by atoms with Gasteiger partial charge in [-0.05, 0) is 68.9 Å². The topological polar surface area (TPSA) is 80.8 Å². The molecule has 1 atom stereocenters. The second-order valence-corrected chi connectivity index (χ2v) is 10.5. The molecule has 1 unspecified atom stereocenters. The van der Waals surface area contributed by atoms with Crippen LogP contribution in [-0.2, 0) is 4.74 Å². The molecule has 0 bridgehead atoms. The first-order valence-electron chi connectivity index (χ1n) is 13.3. The van der Waals surface area contributed by atoms with E-state index in [1.807, 2.05) is 36.4 Å². The molecular weight excluding hydrogens is 478 g/mol. The highest BCUT2D eigenvalue weighted by atomic mass is 16.6. The molecule has 188 valence electrons. The van der Waals surface area contributed by atoms with Gasteiger partial charge in [0.1, 0.15) is 0 Å². The van der Waals surface area contributed by atoms with Gasteiger partial charge in [0.15, 0.2) is 0 Å². The average molecular weight is 504 g/mol. The summed E-state index contributed by atoms with van der Waals surface area (Å²) in [6.45, 7) is 4.69. The van der Waals surface area contributed by atoms with Crippen LogP contribution < -0.4 is 0 Å². The molecule has 6 nitrogen and oxygen atoms in total. The van der Waals surface area contributed by atoms with Gasteiger partial charge in [-0.1, -0.05) is 57.4 Å². The number of hydrogen-bond donors (Lipinski definition) is 0. The Balaban J connectivity index is 1.50. The second-order valence-electron chi connectivity index (χ2n) is 10.5. The minimum absolute atomic E-state index is 0.245. The van der Waals surface area contributed by atoms with Gasteiger partial charge in [0.2, 0.25) is 0 Å². The van der Waals surface area contributed by atoms with Gasteiger partial charge in [-0.3, -0.25) is 14.5 Å². The van der Waals surface area contributed by atoms with Crippen LogP contribution in [-0.4, -0.2) is 35.2 Å². The maximum atomic E-state index is 13.7. The molecule has 5 aromatic rings. The summed E-state index contributed by atoms with van der Waals surface area (Å²) in [7, 11) is 0. The molecule has 0 fully saturated rings. The van der Waals surface area contributed by atoms with E-state index < -0.39 is 11.9 Å². The highest BCUT2D eigenvalue weighted by Gasteiger charge is 2.36. The SMILES string of the molecule is CCCCC(CC)CN1C(=O)c2ccc3c4ccc5c6c(ccc(c7ccc(c2c37)C1=O)c64)C(=O)OC5=O. The molecule has 0 aromatic heterocycles. The third-order valence-corrected chi connectivity index (χ3v) is 8.46. The molecule has 38 heavy (non-hydrogen) atoms. The van der Waals surface area contributed by atoms with Crippen LogP contribution in [0.4, 0.5) is 0 Å². The Bertz CT molecular complexity index is 1770. The van der Waals surface area contributed by atoms with Gasteiger partial charge < -0.3 is 4.74 Å². The van der Waals surface area contributed by atoms with Gasteiger partial charge in [-0.15, -0.1) is 0 Å². The highest BCUT2D eigenvalue weighted by molar-refractivity contribution is 6.40. The number of benzene rings is 5. The first-order chi connectivity index (χ1) is 18.4. The van der Waals surface area contributed by atoms with Crippen LogP contribution in [0.1, 0.15) is 81.0 Å². The minimum atomic E-state index is -0.650. The summed E-state index contributed by atoms with van der Waals surface area (Å²) in [5, 5.41) is 6.45. The number of rotatable bonds is 6. The summed E-state index contributed by atoms with van der Waals surface area (Å²) in [6, 6.07) is 14.6. The standard InChI is InChI=1S/C32H25NO5/c1-3-5-6-16(4-2)15-33-29(34)21-11-7-17-19-9-13-23-28-24(32(37)38-31(23)36)14-10-20(26(19)28)18-8-12-22(30(33)35)27(21)25(17)18/h7-14,16H,3-6,15H2,1-2H3. The van der Waals surface area contributed by atoms with Crippen LogP contribution in [0.15, 0.2) is 48.5 Å².